The van der Waals surface area contributed by atoms with Crippen molar-refractivity contribution in [1.82, 2.24) is 0 Å². The summed E-state index contributed by atoms with van der Waals surface area (Å²) in [5, 5.41) is 11.1. The molecular formula is C20H18F3NO5. The minimum Gasteiger partial charge on any atom is -0.432 e. The maximum absolute atomic E-state index is 13.5. The Morgan fingerprint density at radius 3 is 2.14 bits per heavy atom. The SMILES string of the molecule is CC(C)(C)[C@@H]1OC(=O)[C@@](c2ccccc2)(c2ccc([N+](=O)[O-])c(C(F)(F)F)c2)O1. The topological polar surface area (TPSA) is 78.7 Å². The molecule has 6 nitrogen and oxygen atoms in total. The van der Waals surface area contributed by atoms with E-state index in [9.17, 15) is 28.1 Å². The third-order valence-electron chi connectivity index (χ3n) is 4.58. The van der Waals surface area contributed by atoms with Crippen LogP contribution in [0, 0.1) is 15.5 Å². The fraction of sp³-hybridized carbons (Fsp3) is 0.350. The lowest BCUT2D eigenvalue weighted by Crippen LogP contribution is -2.36. The third-order valence-corrected chi connectivity index (χ3v) is 4.58. The largest absolute Gasteiger partial charge is 0.432 e. The summed E-state index contributed by atoms with van der Waals surface area (Å²) in [7, 11) is 0. The van der Waals surface area contributed by atoms with E-state index in [1.165, 1.54) is 12.1 Å². The van der Waals surface area contributed by atoms with Gasteiger partial charge in [-0.15, -0.1) is 0 Å². The van der Waals surface area contributed by atoms with E-state index in [2.05, 4.69) is 0 Å². The first-order valence-corrected chi connectivity index (χ1v) is 8.68. The van der Waals surface area contributed by atoms with Gasteiger partial charge in [-0.1, -0.05) is 51.1 Å². The number of rotatable bonds is 3. The molecule has 0 radical (unpaired) electrons. The van der Waals surface area contributed by atoms with Crippen molar-refractivity contribution in [1.29, 1.82) is 0 Å². The molecule has 0 unspecified atom stereocenters. The third kappa shape index (κ3) is 3.57. The highest BCUT2D eigenvalue weighted by Gasteiger charge is 2.56. The molecule has 1 fully saturated rings. The number of carbonyl (C=O) groups excluding carboxylic acids is 1. The highest BCUT2D eigenvalue weighted by Crippen LogP contribution is 2.47. The normalized spacial score (nSPS) is 22.4. The van der Waals surface area contributed by atoms with Crippen molar-refractivity contribution in [2.45, 2.75) is 38.8 Å². The van der Waals surface area contributed by atoms with E-state index in [4.69, 9.17) is 9.47 Å². The second kappa shape index (κ2) is 6.84. The molecule has 0 N–H and O–H groups in total. The van der Waals surface area contributed by atoms with Gasteiger partial charge in [-0.25, -0.2) is 4.79 Å². The number of nitro benzene ring substituents is 1. The van der Waals surface area contributed by atoms with Crippen LogP contribution >= 0.6 is 0 Å². The molecule has 0 bridgehead atoms. The molecule has 1 saturated heterocycles. The number of nitrogens with zero attached hydrogens (tertiary/aromatic N) is 1. The fourth-order valence-electron chi connectivity index (χ4n) is 3.12. The highest BCUT2D eigenvalue weighted by atomic mass is 19.4. The van der Waals surface area contributed by atoms with Crippen molar-refractivity contribution in [3.63, 3.8) is 0 Å². The number of cyclic esters (lactones) is 1. The van der Waals surface area contributed by atoms with Crippen molar-refractivity contribution < 1.29 is 32.4 Å². The minimum atomic E-state index is -5.00. The van der Waals surface area contributed by atoms with E-state index < -0.39 is 45.6 Å². The minimum absolute atomic E-state index is 0.196. The molecule has 154 valence electrons. The van der Waals surface area contributed by atoms with Crippen LogP contribution in [0.15, 0.2) is 48.5 Å². The number of carbonyl (C=O) groups is 1. The van der Waals surface area contributed by atoms with Gasteiger partial charge in [-0.05, 0) is 17.7 Å². The first-order chi connectivity index (χ1) is 13.4. The number of alkyl halides is 3. The second-order valence-electron chi connectivity index (χ2n) is 7.76. The van der Waals surface area contributed by atoms with Crippen LogP contribution in [-0.4, -0.2) is 17.2 Å². The lowest BCUT2D eigenvalue weighted by molar-refractivity contribution is -0.388. The van der Waals surface area contributed by atoms with E-state index in [-0.39, 0.29) is 11.1 Å². The molecule has 29 heavy (non-hydrogen) atoms. The Kier molecular flexibility index (Phi) is 4.90. The molecule has 0 aromatic heterocycles. The van der Waals surface area contributed by atoms with Gasteiger partial charge in [0.05, 0.1) is 4.92 Å². The van der Waals surface area contributed by atoms with Crippen LogP contribution in [-0.2, 0) is 26.0 Å². The van der Waals surface area contributed by atoms with Crippen molar-refractivity contribution in [3.8, 4) is 0 Å². The van der Waals surface area contributed by atoms with Crippen LogP contribution in [0.3, 0.4) is 0 Å². The van der Waals surface area contributed by atoms with Crippen LogP contribution in [0.2, 0.25) is 0 Å². The lowest BCUT2D eigenvalue weighted by Gasteiger charge is -2.29. The molecule has 3 rings (SSSR count). The van der Waals surface area contributed by atoms with Crippen LogP contribution in [0.5, 0.6) is 0 Å². The second-order valence-corrected chi connectivity index (χ2v) is 7.76. The predicted molar refractivity (Wildman–Crippen MR) is 95.7 cm³/mol. The zero-order valence-electron chi connectivity index (χ0n) is 15.8. The Hall–Kier alpha value is -2.94. The molecule has 0 amide bonds. The maximum Gasteiger partial charge on any atom is 0.423 e. The van der Waals surface area contributed by atoms with E-state index in [1.54, 1.807) is 39.0 Å². The molecule has 2 aromatic rings. The summed E-state index contributed by atoms with van der Waals surface area (Å²) in [4.78, 5) is 22.9. The van der Waals surface area contributed by atoms with E-state index in [0.29, 0.717) is 6.07 Å². The van der Waals surface area contributed by atoms with Crippen molar-refractivity contribution in [3.05, 3.63) is 75.3 Å². The first kappa shape index (κ1) is 20.8. The Bertz CT molecular complexity index is 953. The highest BCUT2D eigenvalue weighted by molar-refractivity contribution is 5.87. The number of halogens is 3. The number of hydrogen-bond donors (Lipinski definition) is 0. The summed E-state index contributed by atoms with van der Waals surface area (Å²) in [5.74, 6) is -0.884. The number of ether oxygens (including phenoxy) is 2. The zero-order valence-corrected chi connectivity index (χ0v) is 15.8. The summed E-state index contributed by atoms with van der Waals surface area (Å²) in [6.07, 6.45) is -6.03. The Labute approximate surface area is 164 Å². The monoisotopic (exact) mass is 409 g/mol. The van der Waals surface area contributed by atoms with Gasteiger partial charge in [-0.3, -0.25) is 10.1 Å². The number of hydrogen-bond acceptors (Lipinski definition) is 5. The quantitative estimate of drug-likeness (QED) is 0.413. The standard InChI is InChI=1S/C20H18F3NO5/c1-18(2,3)17-28-16(25)19(29-17,12-7-5-4-6-8-12)13-9-10-15(24(26)27)14(11-13)20(21,22)23/h4-11,17H,1-3H3/t17-,19-/m1/s1. The molecule has 2 atom stereocenters. The molecule has 0 aliphatic carbocycles. The van der Waals surface area contributed by atoms with E-state index in [0.717, 1.165) is 12.1 Å². The summed E-state index contributed by atoms with van der Waals surface area (Å²) in [5.41, 5.74) is -5.14. The van der Waals surface area contributed by atoms with Gasteiger partial charge in [-0.2, -0.15) is 13.2 Å². The molecule has 1 aliphatic rings. The fourth-order valence-corrected chi connectivity index (χ4v) is 3.12. The van der Waals surface area contributed by atoms with E-state index in [1.807, 2.05) is 0 Å². The summed E-state index contributed by atoms with van der Waals surface area (Å²) in [6, 6.07) is 10.3. The molecule has 2 aromatic carbocycles. The average Bonchev–Trinajstić information content (AvgIpc) is 3.00. The van der Waals surface area contributed by atoms with Gasteiger partial charge >= 0.3 is 12.1 Å². The Morgan fingerprint density at radius 2 is 1.66 bits per heavy atom. The summed E-state index contributed by atoms with van der Waals surface area (Å²) in [6.45, 7) is 5.26. The Balaban J connectivity index is 2.27. The van der Waals surface area contributed by atoms with Gasteiger partial charge < -0.3 is 9.47 Å². The van der Waals surface area contributed by atoms with Gasteiger partial charge in [0.1, 0.15) is 5.56 Å². The average molecular weight is 409 g/mol. The smallest absolute Gasteiger partial charge is 0.423 e. The van der Waals surface area contributed by atoms with Crippen LogP contribution < -0.4 is 0 Å². The maximum atomic E-state index is 13.5. The molecule has 1 heterocycles. The van der Waals surface area contributed by atoms with Gasteiger partial charge in [0.25, 0.3) is 5.69 Å². The zero-order chi connectivity index (χ0) is 21.6. The molecule has 0 saturated carbocycles. The van der Waals surface area contributed by atoms with Crippen molar-refractivity contribution >= 4 is 11.7 Å². The number of esters is 1. The molecular weight excluding hydrogens is 391 g/mol. The van der Waals surface area contributed by atoms with Gasteiger partial charge in [0, 0.05) is 17.0 Å². The van der Waals surface area contributed by atoms with Crippen LogP contribution in [0.1, 0.15) is 37.5 Å². The number of benzene rings is 2. The van der Waals surface area contributed by atoms with E-state index >= 15 is 0 Å². The molecule has 9 heteroatoms. The van der Waals surface area contributed by atoms with Gasteiger partial charge in [0.15, 0.2) is 0 Å². The van der Waals surface area contributed by atoms with Crippen molar-refractivity contribution in [2.24, 2.45) is 5.41 Å². The van der Waals surface area contributed by atoms with Crippen LogP contribution in [0.25, 0.3) is 0 Å². The summed E-state index contributed by atoms with van der Waals surface area (Å²) >= 11 is 0. The summed E-state index contributed by atoms with van der Waals surface area (Å²) < 4.78 is 51.8. The predicted octanol–water partition coefficient (Wildman–Crippen LogP) is 4.80. The van der Waals surface area contributed by atoms with Crippen molar-refractivity contribution in [2.75, 3.05) is 0 Å². The molecule has 0 spiro atoms. The van der Waals surface area contributed by atoms with Crippen LogP contribution in [0.4, 0.5) is 18.9 Å². The lowest BCUT2D eigenvalue weighted by atomic mass is 9.85. The molecule has 1 aliphatic heterocycles. The van der Waals surface area contributed by atoms with Gasteiger partial charge in [0.2, 0.25) is 11.9 Å². The Morgan fingerprint density at radius 1 is 1.03 bits per heavy atom. The number of nitro groups is 1. The first-order valence-electron chi connectivity index (χ1n) is 8.68.